The van der Waals surface area contributed by atoms with Gasteiger partial charge in [0.1, 0.15) is 0 Å². The summed E-state index contributed by atoms with van der Waals surface area (Å²) >= 11 is 1.61. The number of morpholine rings is 1. The van der Waals surface area contributed by atoms with Gasteiger partial charge in [0.25, 0.3) is 5.89 Å². The third-order valence-electron chi connectivity index (χ3n) is 2.73. The number of nitrogens with zero attached hydrogens (tertiary/aromatic N) is 2. The van der Waals surface area contributed by atoms with Gasteiger partial charge in [0.05, 0.1) is 24.1 Å². The lowest BCUT2D eigenvalue weighted by Crippen LogP contribution is -2.35. The average Bonchev–Trinajstić information content (AvgIpc) is 2.98. The van der Waals surface area contributed by atoms with E-state index in [0.717, 1.165) is 23.6 Å². The van der Waals surface area contributed by atoms with E-state index in [1.165, 1.54) is 0 Å². The molecule has 0 spiro atoms. The normalized spacial score (nSPS) is 20.6. The van der Waals surface area contributed by atoms with Crippen LogP contribution in [0.3, 0.4) is 0 Å². The molecule has 6 heteroatoms. The van der Waals surface area contributed by atoms with Gasteiger partial charge >= 0.3 is 0 Å². The highest BCUT2D eigenvalue weighted by atomic mass is 32.1. The SMILES string of the molecule is Cc1ccsc1-c1nc(C2COCCN2)no1. The highest BCUT2D eigenvalue weighted by Gasteiger charge is 2.22. The number of thiophene rings is 1. The van der Waals surface area contributed by atoms with Crippen molar-refractivity contribution in [1.29, 1.82) is 0 Å². The van der Waals surface area contributed by atoms with Gasteiger partial charge in [-0.3, -0.25) is 0 Å². The average molecular weight is 251 g/mol. The number of hydrogen-bond donors (Lipinski definition) is 1. The third kappa shape index (κ3) is 2.11. The minimum Gasteiger partial charge on any atom is -0.378 e. The van der Waals surface area contributed by atoms with Gasteiger partial charge in [-0.1, -0.05) is 5.16 Å². The van der Waals surface area contributed by atoms with Crippen molar-refractivity contribution in [2.75, 3.05) is 19.8 Å². The molecule has 0 saturated carbocycles. The van der Waals surface area contributed by atoms with Crippen molar-refractivity contribution in [3.05, 3.63) is 22.8 Å². The Labute approximate surface area is 103 Å². The van der Waals surface area contributed by atoms with Crippen molar-refractivity contribution in [3.63, 3.8) is 0 Å². The molecule has 5 nitrogen and oxygen atoms in total. The Morgan fingerprint density at radius 3 is 3.18 bits per heavy atom. The van der Waals surface area contributed by atoms with Crippen molar-refractivity contribution in [1.82, 2.24) is 15.5 Å². The number of rotatable bonds is 2. The second-order valence-corrected chi connectivity index (χ2v) is 4.89. The zero-order valence-corrected chi connectivity index (χ0v) is 10.3. The summed E-state index contributed by atoms with van der Waals surface area (Å²) in [6, 6.07) is 2.09. The van der Waals surface area contributed by atoms with Crippen LogP contribution in [0.25, 0.3) is 10.8 Å². The van der Waals surface area contributed by atoms with Crippen LogP contribution in [0, 0.1) is 6.92 Å². The van der Waals surface area contributed by atoms with Crippen LogP contribution in [0.4, 0.5) is 0 Å². The summed E-state index contributed by atoms with van der Waals surface area (Å²) in [6.45, 7) is 4.21. The zero-order valence-electron chi connectivity index (χ0n) is 9.47. The smallest absolute Gasteiger partial charge is 0.268 e. The topological polar surface area (TPSA) is 60.2 Å². The highest BCUT2D eigenvalue weighted by Crippen LogP contribution is 2.28. The van der Waals surface area contributed by atoms with Crippen LogP contribution in [0.15, 0.2) is 16.0 Å². The number of aryl methyl sites for hydroxylation is 1. The predicted octanol–water partition coefficient (Wildman–Crippen LogP) is 1.77. The molecular formula is C11H13N3O2S. The summed E-state index contributed by atoms with van der Waals surface area (Å²) in [4.78, 5) is 5.47. The molecule has 1 fully saturated rings. The highest BCUT2D eigenvalue weighted by molar-refractivity contribution is 7.13. The van der Waals surface area contributed by atoms with Crippen LogP contribution in [-0.4, -0.2) is 29.9 Å². The maximum Gasteiger partial charge on any atom is 0.268 e. The lowest BCUT2D eigenvalue weighted by Gasteiger charge is -2.20. The first-order valence-electron chi connectivity index (χ1n) is 5.54. The summed E-state index contributed by atoms with van der Waals surface area (Å²) < 4.78 is 10.7. The molecule has 1 aliphatic heterocycles. The number of aromatic nitrogens is 2. The van der Waals surface area contributed by atoms with Gasteiger partial charge in [-0.2, -0.15) is 4.98 Å². The van der Waals surface area contributed by atoms with Gasteiger partial charge < -0.3 is 14.6 Å². The minimum absolute atomic E-state index is 0.0431. The first-order chi connectivity index (χ1) is 8.34. The van der Waals surface area contributed by atoms with Crippen LogP contribution >= 0.6 is 11.3 Å². The summed E-state index contributed by atoms with van der Waals surface area (Å²) in [6.07, 6.45) is 0. The van der Waals surface area contributed by atoms with Gasteiger partial charge in [0.15, 0.2) is 5.82 Å². The number of ether oxygens (including phenoxy) is 1. The Kier molecular flexibility index (Phi) is 2.92. The van der Waals surface area contributed by atoms with Gasteiger partial charge in [0, 0.05) is 6.54 Å². The van der Waals surface area contributed by atoms with Crippen LogP contribution in [-0.2, 0) is 4.74 Å². The molecule has 3 rings (SSSR count). The molecule has 1 N–H and O–H groups in total. The Bertz CT molecular complexity index is 502. The predicted molar refractivity (Wildman–Crippen MR) is 63.9 cm³/mol. The summed E-state index contributed by atoms with van der Waals surface area (Å²) in [7, 11) is 0. The van der Waals surface area contributed by atoms with Crippen molar-refractivity contribution in [3.8, 4) is 10.8 Å². The van der Waals surface area contributed by atoms with E-state index in [9.17, 15) is 0 Å². The molecule has 1 saturated heterocycles. The van der Waals surface area contributed by atoms with Gasteiger partial charge in [-0.05, 0) is 23.9 Å². The van der Waals surface area contributed by atoms with E-state index < -0.39 is 0 Å². The van der Waals surface area contributed by atoms with E-state index in [-0.39, 0.29) is 6.04 Å². The van der Waals surface area contributed by atoms with Gasteiger partial charge in [-0.25, -0.2) is 0 Å². The lowest BCUT2D eigenvalue weighted by atomic mass is 10.2. The standard InChI is InChI=1S/C11H13N3O2S/c1-7-2-5-17-9(7)11-13-10(14-16-11)8-6-15-4-3-12-8/h2,5,8,12H,3-4,6H2,1H3. The quantitative estimate of drug-likeness (QED) is 0.881. The van der Waals surface area contributed by atoms with E-state index in [0.29, 0.717) is 18.3 Å². The van der Waals surface area contributed by atoms with E-state index in [2.05, 4.69) is 15.5 Å². The number of nitrogens with one attached hydrogen (secondary N) is 1. The monoisotopic (exact) mass is 251 g/mol. The summed E-state index contributed by atoms with van der Waals surface area (Å²) in [5.41, 5.74) is 1.16. The molecule has 1 aliphatic rings. The van der Waals surface area contributed by atoms with Crippen molar-refractivity contribution < 1.29 is 9.26 Å². The molecule has 0 aliphatic carbocycles. The van der Waals surface area contributed by atoms with Crippen molar-refractivity contribution in [2.24, 2.45) is 0 Å². The Balaban J connectivity index is 1.85. The molecule has 2 aromatic rings. The second-order valence-electron chi connectivity index (χ2n) is 3.97. The molecule has 17 heavy (non-hydrogen) atoms. The Morgan fingerprint density at radius 1 is 1.53 bits per heavy atom. The van der Waals surface area contributed by atoms with Crippen LogP contribution in [0.1, 0.15) is 17.4 Å². The number of hydrogen-bond acceptors (Lipinski definition) is 6. The fraction of sp³-hybridized carbons (Fsp3) is 0.455. The molecule has 0 radical (unpaired) electrons. The van der Waals surface area contributed by atoms with Gasteiger partial charge in [0.2, 0.25) is 0 Å². The minimum atomic E-state index is 0.0431. The molecule has 3 heterocycles. The summed E-state index contributed by atoms with van der Waals surface area (Å²) in [5, 5.41) is 9.34. The maximum atomic E-state index is 5.38. The second kappa shape index (κ2) is 4.56. The van der Waals surface area contributed by atoms with Crippen LogP contribution < -0.4 is 5.32 Å². The van der Waals surface area contributed by atoms with Gasteiger partial charge in [-0.15, -0.1) is 11.3 Å². The van der Waals surface area contributed by atoms with Crippen LogP contribution in [0.2, 0.25) is 0 Å². The summed E-state index contributed by atoms with van der Waals surface area (Å²) in [5.74, 6) is 1.27. The fourth-order valence-corrected chi connectivity index (χ4v) is 2.64. The van der Waals surface area contributed by atoms with Crippen molar-refractivity contribution >= 4 is 11.3 Å². The third-order valence-corrected chi connectivity index (χ3v) is 3.74. The molecule has 1 unspecified atom stereocenters. The first kappa shape index (κ1) is 10.9. The molecule has 1 atom stereocenters. The molecule has 0 bridgehead atoms. The van der Waals surface area contributed by atoms with E-state index >= 15 is 0 Å². The molecule has 2 aromatic heterocycles. The van der Waals surface area contributed by atoms with Crippen LogP contribution in [0.5, 0.6) is 0 Å². The Hall–Kier alpha value is -1.24. The first-order valence-corrected chi connectivity index (χ1v) is 6.42. The molecular weight excluding hydrogens is 238 g/mol. The van der Waals surface area contributed by atoms with E-state index in [4.69, 9.17) is 9.26 Å². The Morgan fingerprint density at radius 2 is 2.47 bits per heavy atom. The lowest BCUT2D eigenvalue weighted by molar-refractivity contribution is 0.0734. The van der Waals surface area contributed by atoms with Crippen molar-refractivity contribution in [2.45, 2.75) is 13.0 Å². The van der Waals surface area contributed by atoms with E-state index in [1.54, 1.807) is 11.3 Å². The fourth-order valence-electron chi connectivity index (χ4n) is 1.79. The molecule has 0 aromatic carbocycles. The molecule has 0 amide bonds. The maximum absolute atomic E-state index is 5.38. The molecule has 90 valence electrons. The largest absolute Gasteiger partial charge is 0.378 e. The van der Waals surface area contributed by atoms with E-state index in [1.807, 2.05) is 18.4 Å². The zero-order chi connectivity index (χ0) is 11.7.